The Morgan fingerprint density at radius 1 is 1.10 bits per heavy atom. The lowest BCUT2D eigenvalue weighted by Gasteiger charge is -2.09. The van der Waals surface area contributed by atoms with Crippen molar-refractivity contribution in [3.05, 3.63) is 59.7 Å². The van der Waals surface area contributed by atoms with E-state index in [-0.39, 0.29) is 17.4 Å². The molecule has 0 atom stereocenters. The van der Waals surface area contributed by atoms with Gasteiger partial charge in [0.1, 0.15) is 0 Å². The molecular formula is C14H14N2O4S. The predicted molar refractivity (Wildman–Crippen MR) is 78.1 cm³/mol. The number of amides is 1. The number of aliphatic hydroxyl groups excluding tert-OH is 1. The predicted octanol–water partition coefficient (Wildman–Crippen LogP) is 1.08. The van der Waals surface area contributed by atoms with Crippen LogP contribution in [0.25, 0.3) is 0 Å². The Morgan fingerprint density at radius 2 is 1.71 bits per heavy atom. The Balaban J connectivity index is 2.20. The Labute approximate surface area is 122 Å². The SMILES string of the molecule is NS(=O)(=O)c1ccc(NC(=O)c2ccccc2CO)cc1. The highest BCUT2D eigenvalue weighted by Gasteiger charge is 2.11. The van der Waals surface area contributed by atoms with Gasteiger partial charge in [-0.25, -0.2) is 13.6 Å². The number of primary sulfonamides is 1. The van der Waals surface area contributed by atoms with E-state index in [1.807, 2.05) is 0 Å². The second-order valence-corrected chi connectivity index (χ2v) is 5.90. The first-order valence-electron chi connectivity index (χ1n) is 6.05. The lowest BCUT2D eigenvalue weighted by molar-refractivity contribution is 0.102. The van der Waals surface area contributed by atoms with Crippen molar-refractivity contribution in [1.82, 2.24) is 0 Å². The summed E-state index contributed by atoms with van der Waals surface area (Å²) in [5.41, 5.74) is 1.30. The summed E-state index contributed by atoms with van der Waals surface area (Å²) in [4.78, 5) is 12.1. The molecular weight excluding hydrogens is 292 g/mol. The van der Waals surface area contributed by atoms with Gasteiger partial charge in [-0.2, -0.15) is 0 Å². The van der Waals surface area contributed by atoms with Crippen LogP contribution in [0.5, 0.6) is 0 Å². The minimum absolute atomic E-state index is 0.0312. The second kappa shape index (κ2) is 6.04. The monoisotopic (exact) mass is 306 g/mol. The molecule has 21 heavy (non-hydrogen) atoms. The maximum atomic E-state index is 12.1. The van der Waals surface area contributed by atoms with Crippen LogP contribution in [0.2, 0.25) is 0 Å². The summed E-state index contributed by atoms with van der Waals surface area (Å²) in [5.74, 6) is -0.386. The minimum Gasteiger partial charge on any atom is -0.392 e. The van der Waals surface area contributed by atoms with Crippen molar-refractivity contribution in [2.45, 2.75) is 11.5 Å². The molecule has 1 amide bonds. The number of carbonyl (C=O) groups excluding carboxylic acids is 1. The van der Waals surface area contributed by atoms with Crippen molar-refractivity contribution in [2.75, 3.05) is 5.32 Å². The molecule has 6 nitrogen and oxygen atoms in total. The third-order valence-corrected chi connectivity index (χ3v) is 3.80. The first-order valence-corrected chi connectivity index (χ1v) is 7.59. The summed E-state index contributed by atoms with van der Waals surface area (Å²) in [5, 5.41) is 16.8. The summed E-state index contributed by atoms with van der Waals surface area (Å²) in [6.07, 6.45) is 0. The molecule has 4 N–H and O–H groups in total. The molecule has 0 aliphatic rings. The smallest absolute Gasteiger partial charge is 0.256 e. The van der Waals surface area contributed by atoms with E-state index >= 15 is 0 Å². The van der Waals surface area contributed by atoms with Gasteiger partial charge >= 0.3 is 0 Å². The van der Waals surface area contributed by atoms with E-state index in [0.717, 1.165) is 0 Å². The van der Waals surface area contributed by atoms with Crippen molar-refractivity contribution in [2.24, 2.45) is 5.14 Å². The van der Waals surface area contributed by atoms with Crippen LogP contribution in [-0.2, 0) is 16.6 Å². The highest BCUT2D eigenvalue weighted by atomic mass is 32.2. The van der Waals surface area contributed by atoms with E-state index in [1.54, 1.807) is 24.3 Å². The minimum atomic E-state index is -3.76. The van der Waals surface area contributed by atoms with Crippen LogP contribution >= 0.6 is 0 Å². The zero-order chi connectivity index (χ0) is 15.5. The summed E-state index contributed by atoms with van der Waals surface area (Å²) >= 11 is 0. The molecule has 0 unspecified atom stereocenters. The first-order chi connectivity index (χ1) is 9.91. The molecule has 110 valence electrons. The van der Waals surface area contributed by atoms with Gasteiger partial charge in [0, 0.05) is 11.3 Å². The van der Waals surface area contributed by atoms with E-state index in [4.69, 9.17) is 5.14 Å². The van der Waals surface area contributed by atoms with E-state index < -0.39 is 10.0 Å². The molecule has 2 aromatic carbocycles. The number of sulfonamides is 1. The first kappa shape index (κ1) is 15.2. The topological polar surface area (TPSA) is 109 Å². The van der Waals surface area contributed by atoms with Gasteiger partial charge in [-0.1, -0.05) is 18.2 Å². The van der Waals surface area contributed by atoms with Gasteiger partial charge in [-0.15, -0.1) is 0 Å². The average Bonchev–Trinajstić information content (AvgIpc) is 2.46. The number of anilines is 1. The number of hydrogen-bond donors (Lipinski definition) is 3. The Kier molecular flexibility index (Phi) is 4.37. The number of nitrogens with one attached hydrogen (secondary N) is 1. The van der Waals surface area contributed by atoms with Gasteiger partial charge < -0.3 is 10.4 Å². The van der Waals surface area contributed by atoms with Crippen LogP contribution in [0.3, 0.4) is 0 Å². The van der Waals surface area contributed by atoms with E-state index in [0.29, 0.717) is 16.8 Å². The molecule has 0 bridgehead atoms. The fourth-order valence-electron chi connectivity index (χ4n) is 1.81. The van der Waals surface area contributed by atoms with Crippen molar-refractivity contribution in [3.8, 4) is 0 Å². The molecule has 0 aliphatic carbocycles. The van der Waals surface area contributed by atoms with Crippen LogP contribution in [0.1, 0.15) is 15.9 Å². The van der Waals surface area contributed by atoms with Crippen LogP contribution in [0.15, 0.2) is 53.4 Å². The van der Waals surface area contributed by atoms with Crippen molar-refractivity contribution in [3.63, 3.8) is 0 Å². The summed E-state index contributed by atoms with van der Waals surface area (Å²) in [6.45, 7) is -0.242. The van der Waals surface area contributed by atoms with Crippen LogP contribution in [0.4, 0.5) is 5.69 Å². The highest BCUT2D eigenvalue weighted by molar-refractivity contribution is 7.89. The average molecular weight is 306 g/mol. The Hall–Kier alpha value is -2.22. The third-order valence-electron chi connectivity index (χ3n) is 2.87. The zero-order valence-corrected chi connectivity index (χ0v) is 11.8. The van der Waals surface area contributed by atoms with Crippen LogP contribution in [0, 0.1) is 0 Å². The quantitative estimate of drug-likeness (QED) is 0.785. The molecule has 0 saturated carbocycles. The van der Waals surface area contributed by atoms with Gasteiger partial charge in [0.25, 0.3) is 5.91 Å². The lowest BCUT2D eigenvalue weighted by atomic mass is 10.1. The van der Waals surface area contributed by atoms with E-state index in [2.05, 4.69) is 5.32 Å². The van der Waals surface area contributed by atoms with Crippen molar-refractivity contribution < 1.29 is 18.3 Å². The molecule has 0 aromatic heterocycles. The highest BCUT2D eigenvalue weighted by Crippen LogP contribution is 2.15. The zero-order valence-electron chi connectivity index (χ0n) is 11.0. The molecule has 0 saturated heterocycles. The largest absolute Gasteiger partial charge is 0.392 e. The number of aliphatic hydroxyl groups is 1. The summed E-state index contributed by atoms with van der Waals surface area (Å²) in [7, 11) is -3.76. The standard InChI is InChI=1S/C14H14N2O4S/c15-21(19,20)12-7-5-11(6-8-12)16-14(18)13-4-2-1-3-10(13)9-17/h1-8,17H,9H2,(H,16,18)(H2,15,19,20). The maximum Gasteiger partial charge on any atom is 0.256 e. The number of hydrogen-bond acceptors (Lipinski definition) is 4. The molecule has 0 radical (unpaired) electrons. The normalized spacial score (nSPS) is 11.1. The Bertz CT molecular complexity index is 755. The van der Waals surface area contributed by atoms with Gasteiger partial charge in [-0.05, 0) is 35.9 Å². The van der Waals surface area contributed by atoms with Crippen molar-refractivity contribution in [1.29, 1.82) is 0 Å². The van der Waals surface area contributed by atoms with Gasteiger partial charge in [0.05, 0.1) is 11.5 Å². The fourth-order valence-corrected chi connectivity index (χ4v) is 2.32. The van der Waals surface area contributed by atoms with Gasteiger partial charge in [0.2, 0.25) is 10.0 Å². The third kappa shape index (κ3) is 3.66. The van der Waals surface area contributed by atoms with Gasteiger partial charge in [0.15, 0.2) is 0 Å². The number of carbonyl (C=O) groups is 1. The Morgan fingerprint density at radius 3 is 2.29 bits per heavy atom. The summed E-state index contributed by atoms with van der Waals surface area (Å²) < 4.78 is 22.3. The molecule has 0 heterocycles. The lowest BCUT2D eigenvalue weighted by Crippen LogP contribution is -2.15. The molecule has 0 spiro atoms. The number of nitrogens with two attached hydrogens (primary N) is 1. The molecule has 0 fully saturated rings. The number of benzene rings is 2. The molecule has 7 heteroatoms. The van der Waals surface area contributed by atoms with Gasteiger partial charge in [-0.3, -0.25) is 4.79 Å². The molecule has 0 aliphatic heterocycles. The molecule has 2 rings (SSSR count). The fraction of sp³-hybridized carbons (Fsp3) is 0.0714. The molecule has 2 aromatic rings. The summed E-state index contributed by atoms with van der Waals surface area (Å²) in [6, 6.07) is 12.2. The maximum absolute atomic E-state index is 12.1. The van der Waals surface area contributed by atoms with Crippen molar-refractivity contribution >= 4 is 21.6 Å². The van der Waals surface area contributed by atoms with E-state index in [1.165, 1.54) is 24.3 Å². The van der Waals surface area contributed by atoms with E-state index in [9.17, 15) is 18.3 Å². The number of rotatable bonds is 4. The van der Waals surface area contributed by atoms with Crippen LogP contribution in [-0.4, -0.2) is 19.4 Å². The van der Waals surface area contributed by atoms with Crippen LogP contribution < -0.4 is 10.5 Å². The second-order valence-electron chi connectivity index (χ2n) is 4.34.